The Bertz CT molecular complexity index is 909. The number of aliphatic imine (C=N–C) groups is 1. The van der Waals surface area contributed by atoms with Crippen LogP contribution in [0.15, 0.2) is 33.7 Å². The number of hydrogen-bond acceptors (Lipinski definition) is 6. The summed E-state index contributed by atoms with van der Waals surface area (Å²) >= 11 is 0. The number of nitrogens with zero attached hydrogens (tertiary/aromatic N) is 1. The van der Waals surface area contributed by atoms with Gasteiger partial charge >= 0.3 is 5.97 Å². The minimum atomic E-state index is -1.13. The zero-order valence-electron chi connectivity index (χ0n) is 18.9. The van der Waals surface area contributed by atoms with Crippen molar-refractivity contribution >= 4 is 35.9 Å². The van der Waals surface area contributed by atoms with Crippen molar-refractivity contribution in [3.05, 3.63) is 52.5 Å². The van der Waals surface area contributed by atoms with Crippen LogP contribution in [0, 0.1) is 13.8 Å². The van der Waals surface area contributed by atoms with E-state index in [1.165, 1.54) is 14.2 Å². The van der Waals surface area contributed by atoms with Crippen LogP contribution in [-0.4, -0.2) is 44.3 Å². The van der Waals surface area contributed by atoms with E-state index in [-0.39, 0.29) is 30.5 Å². The van der Waals surface area contributed by atoms with Crippen LogP contribution >= 0.6 is 24.0 Å². The highest BCUT2D eigenvalue weighted by Gasteiger charge is 2.27. The van der Waals surface area contributed by atoms with Gasteiger partial charge in [0.15, 0.2) is 5.96 Å². The predicted molar refractivity (Wildman–Crippen MR) is 130 cm³/mol. The molecule has 3 N–H and O–H groups in total. The molecule has 1 atom stereocenters. The van der Waals surface area contributed by atoms with Crippen LogP contribution in [-0.2, 0) is 16.9 Å². The first-order chi connectivity index (χ1) is 14.2. The quantitative estimate of drug-likeness (QED) is 0.203. The van der Waals surface area contributed by atoms with E-state index in [0.717, 1.165) is 16.9 Å². The number of benzene rings is 1. The van der Waals surface area contributed by atoms with Crippen molar-refractivity contribution in [2.75, 3.05) is 27.3 Å². The van der Waals surface area contributed by atoms with E-state index in [9.17, 15) is 9.90 Å². The van der Waals surface area contributed by atoms with Gasteiger partial charge in [-0.1, -0.05) is 6.07 Å². The van der Waals surface area contributed by atoms with Crippen LogP contribution in [0.4, 0.5) is 0 Å². The van der Waals surface area contributed by atoms with E-state index in [1.807, 2.05) is 32.9 Å². The molecule has 0 aliphatic rings. The summed E-state index contributed by atoms with van der Waals surface area (Å²) in [6, 6.07) is 7.09. The molecule has 1 unspecified atom stereocenters. The summed E-state index contributed by atoms with van der Waals surface area (Å²) in [4.78, 5) is 16.5. The molecule has 1 aromatic carbocycles. The molecule has 0 amide bonds. The van der Waals surface area contributed by atoms with Crippen molar-refractivity contribution in [3.63, 3.8) is 0 Å². The number of furan rings is 1. The molecule has 1 heterocycles. The standard InChI is InChI=1S/C22H31N3O5.HI/c1-7-23-21(25-13-22(4,27)18-10-14(2)30-15(18)3)24-12-16-8-9-19(28-5)17(11-16)20(26)29-6;/h8-11,27H,7,12-13H2,1-6H3,(H2,23,24,25);1H. The number of rotatable bonds is 8. The molecule has 1 aromatic heterocycles. The third kappa shape index (κ3) is 7.13. The fraction of sp³-hybridized carbons (Fsp3) is 0.455. The van der Waals surface area contributed by atoms with E-state index in [2.05, 4.69) is 15.6 Å². The number of guanidine groups is 1. The Balaban J connectivity index is 0.00000480. The molecule has 0 bridgehead atoms. The molecule has 172 valence electrons. The molecule has 31 heavy (non-hydrogen) atoms. The summed E-state index contributed by atoms with van der Waals surface area (Å²) in [5.74, 6) is 1.97. The smallest absolute Gasteiger partial charge is 0.341 e. The SMILES string of the molecule is CCNC(=NCc1ccc(OC)c(C(=O)OC)c1)NCC(C)(O)c1cc(C)oc1C.I. The van der Waals surface area contributed by atoms with Gasteiger partial charge < -0.3 is 29.6 Å². The second kappa shape index (κ2) is 11.9. The van der Waals surface area contributed by atoms with Gasteiger partial charge in [0.25, 0.3) is 0 Å². The molecule has 0 aliphatic heterocycles. The first-order valence-electron chi connectivity index (χ1n) is 9.79. The molecular formula is C22H32IN3O5. The molecule has 2 rings (SSSR count). The Morgan fingerprint density at radius 3 is 2.48 bits per heavy atom. The topological polar surface area (TPSA) is 105 Å². The molecule has 0 saturated carbocycles. The molecule has 0 radical (unpaired) electrons. The normalized spacial score (nSPS) is 13.1. The lowest BCUT2D eigenvalue weighted by Crippen LogP contribution is -2.44. The number of nitrogens with one attached hydrogen (secondary N) is 2. The molecule has 9 heteroatoms. The minimum absolute atomic E-state index is 0. The highest BCUT2D eigenvalue weighted by Crippen LogP contribution is 2.26. The van der Waals surface area contributed by atoms with E-state index in [0.29, 0.717) is 36.1 Å². The lowest BCUT2D eigenvalue weighted by atomic mass is 9.96. The summed E-state index contributed by atoms with van der Waals surface area (Å²) in [7, 11) is 2.83. The average molecular weight is 545 g/mol. The highest BCUT2D eigenvalue weighted by atomic mass is 127. The zero-order valence-corrected chi connectivity index (χ0v) is 21.2. The second-order valence-electron chi connectivity index (χ2n) is 7.18. The number of carbonyl (C=O) groups is 1. The van der Waals surface area contributed by atoms with Gasteiger partial charge in [-0.2, -0.15) is 0 Å². The number of esters is 1. The van der Waals surface area contributed by atoms with Crippen molar-refractivity contribution in [2.24, 2.45) is 4.99 Å². The Morgan fingerprint density at radius 1 is 1.23 bits per heavy atom. The Morgan fingerprint density at radius 2 is 1.94 bits per heavy atom. The first-order valence-corrected chi connectivity index (χ1v) is 9.79. The van der Waals surface area contributed by atoms with Crippen LogP contribution < -0.4 is 15.4 Å². The molecule has 0 aliphatic carbocycles. The number of aliphatic hydroxyl groups is 1. The largest absolute Gasteiger partial charge is 0.496 e. The van der Waals surface area contributed by atoms with Crippen LogP contribution in [0.3, 0.4) is 0 Å². The van der Waals surface area contributed by atoms with Crippen molar-refractivity contribution in [1.82, 2.24) is 10.6 Å². The second-order valence-corrected chi connectivity index (χ2v) is 7.18. The third-order valence-corrected chi connectivity index (χ3v) is 4.65. The summed E-state index contributed by atoms with van der Waals surface area (Å²) in [5.41, 5.74) is 0.776. The van der Waals surface area contributed by atoms with Gasteiger partial charge in [-0.05, 0) is 51.5 Å². The molecule has 8 nitrogen and oxygen atoms in total. The molecular weight excluding hydrogens is 513 g/mol. The maximum atomic E-state index is 12.0. The number of methoxy groups -OCH3 is 2. The number of ether oxygens (including phenoxy) is 2. The van der Waals surface area contributed by atoms with Gasteiger partial charge in [0, 0.05) is 12.1 Å². The highest BCUT2D eigenvalue weighted by molar-refractivity contribution is 14.0. The summed E-state index contributed by atoms with van der Waals surface area (Å²) in [5, 5.41) is 17.2. The van der Waals surface area contributed by atoms with Gasteiger partial charge in [0.2, 0.25) is 0 Å². The van der Waals surface area contributed by atoms with Crippen molar-refractivity contribution in [3.8, 4) is 5.75 Å². The minimum Gasteiger partial charge on any atom is -0.496 e. The lowest BCUT2D eigenvalue weighted by Gasteiger charge is -2.24. The maximum Gasteiger partial charge on any atom is 0.341 e. The van der Waals surface area contributed by atoms with Crippen LogP contribution in [0.5, 0.6) is 5.75 Å². The number of aryl methyl sites for hydroxylation is 2. The molecule has 0 saturated heterocycles. The van der Waals surface area contributed by atoms with Crippen LogP contribution in [0.2, 0.25) is 0 Å². The van der Waals surface area contributed by atoms with Crippen molar-refractivity contribution in [1.29, 1.82) is 0 Å². The fourth-order valence-corrected chi connectivity index (χ4v) is 3.15. The Labute approximate surface area is 200 Å². The van der Waals surface area contributed by atoms with E-state index in [1.54, 1.807) is 19.1 Å². The summed E-state index contributed by atoms with van der Waals surface area (Å²) in [6.45, 7) is 8.61. The van der Waals surface area contributed by atoms with Gasteiger partial charge in [-0.25, -0.2) is 9.79 Å². The average Bonchev–Trinajstić information content (AvgIpc) is 3.08. The maximum absolute atomic E-state index is 12.0. The molecule has 0 fully saturated rings. The number of carbonyl (C=O) groups excluding carboxylic acids is 1. The zero-order chi connectivity index (χ0) is 22.3. The molecule has 2 aromatic rings. The van der Waals surface area contributed by atoms with E-state index >= 15 is 0 Å². The monoisotopic (exact) mass is 545 g/mol. The van der Waals surface area contributed by atoms with Crippen LogP contribution in [0.1, 0.15) is 46.9 Å². The van der Waals surface area contributed by atoms with E-state index < -0.39 is 11.6 Å². The van der Waals surface area contributed by atoms with Gasteiger partial charge in [-0.15, -0.1) is 24.0 Å². The molecule has 0 spiro atoms. The Hall–Kier alpha value is -2.27. The lowest BCUT2D eigenvalue weighted by molar-refractivity contribution is 0.0592. The van der Waals surface area contributed by atoms with Gasteiger partial charge in [-0.3, -0.25) is 0 Å². The van der Waals surface area contributed by atoms with Crippen molar-refractivity contribution < 1.29 is 23.8 Å². The number of halogens is 1. The van der Waals surface area contributed by atoms with Crippen molar-refractivity contribution in [2.45, 2.75) is 39.8 Å². The number of hydrogen-bond donors (Lipinski definition) is 3. The van der Waals surface area contributed by atoms with E-state index in [4.69, 9.17) is 13.9 Å². The predicted octanol–water partition coefficient (Wildman–Crippen LogP) is 3.27. The van der Waals surface area contributed by atoms with Gasteiger partial charge in [0.1, 0.15) is 28.4 Å². The summed E-state index contributed by atoms with van der Waals surface area (Å²) < 4.78 is 15.6. The first kappa shape index (κ1) is 26.8. The van der Waals surface area contributed by atoms with Crippen LogP contribution in [0.25, 0.3) is 0 Å². The third-order valence-electron chi connectivity index (χ3n) is 4.65. The fourth-order valence-electron chi connectivity index (χ4n) is 3.15. The Kier molecular flexibility index (Phi) is 10.3. The summed E-state index contributed by atoms with van der Waals surface area (Å²) in [6.07, 6.45) is 0. The van der Waals surface area contributed by atoms with Gasteiger partial charge in [0.05, 0.1) is 27.3 Å².